The molecule has 0 atom stereocenters. The SMILES string of the molecule is OCCCCO.OCCCCO.OCCOCCO.[CH2-]CCCCC[CH2-].[Ti+2].[Ti]. The molecule has 0 aliphatic carbocycles. The molecule has 0 fully saturated rings. The maximum atomic E-state index is 8.09. The van der Waals surface area contributed by atoms with E-state index in [2.05, 4.69) is 18.6 Å². The van der Waals surface area contributed by atoms with Gasteiger partial charge in [0, 0.05) is 48.1 Å². The van der Waals surface area contributed by atoms with Crippen molar-refractivity contribution in [3.63, 3.8) is 0 Å². The van der Waals surface area contributed by atoms with Gasteiger partial charge in [-0.3, -0.25) is 0 Å². The topological polar surface area (TPSA) is 131 Å². The van der Waals surface area contributed by atoms with Gasteiger partial charge >= 0.3 is 21.7 Å². The average molecular weight is 480 g/mol. The fraction of sp³-hybridized carbons (Fsp3) is 0.895. The quantitative estimate of drug-likeness (QED) is 0.125. The molecule has 0 saturated heterocycles. The minimum absolute atomic E-state index is 0. The molecule has 0 aromatic carbocycles. The van der Waals surface area contributed by atoms with Gasteiger partial charge in [0.15, 0.2) is 0 Å². The van der Waals surface area contributed by atoms with Gasteiger partial charge in [0.25, 0.3) is 0 Å². The number of hydrogen-bond donors (Lipinski definition) is 6. The van der Waals surface area contributed by atoms with Crippen LogP contribution in [-0.2, 0) is 48.2 Å². The van der Waals surface area contributed by atoms with Crippen LogP contribution in [0.25, 0.3) is 0 Å². The smallest absolute Gasteiger partial charge is 0.396 e. The first kappa shape index (κ1) is 43.1. The van der Waals surface area contributed by atoms with Gasteiger partial charge in [0.2, 0.25) is 0 Å². The summed E-state index contributed by atoms with van der Waals surface area (Å²) in [5, 5.41) is 48.5. The third-order valence-electron chi connectivity index (χ3n) is 2.60. The van der Waals surface area contributed by atoms with Gasteiger partial charge in [-0.25, -0.2) is 0 Å². The summed E-state index contributed by atoms with van der Waals surface area (Å²) in [6, 6.07) is 0. The van der Waals surface area contributed by atoms with Crippen LogP contribution in [0, 0.1) is 13.8 Å². The summed E-state index contributed by atoms with van der Waals surface area (Å²) >= 11 is 0. The van der Waals surface area contributed by atoms with Crippen molar-refractivity contribution in [2.24, 2.45) is 0 Å². The third-order valence-corrected chi connectivity index (χ3v) is 2.60. The predicted molar refractivity (Wildman–Crippen MR) is 106 cm³/mol. The molecule has 0 rings (SSSR count). The molecule has 0 heterocycles. The van der Waals surface area contributed by atoms with E-state index in [0.29, 0.717) is 13.2 Å². The molecule has 0 aliphatic heterocycles. The van der Waals surface area contributed by atoms with Crippen LogP contribution >= 0.6 is 0 Å². The van der Waals surface area contributed by atoms with Crippen molar-refractivity contribution in [3.8, 4) is 0 Å². The molecule has 6 N–H and O–H groups in total. The predicted octanol–water partition coefficient (Wildman–Crippen LogP) is 1.09. The van der Waals surface area contributed by atoms with Gasteiger partial charge < -0.3 is 49.2 Å². The van der Waals surface area contributed by atoms with Crippen molar-refractivity contribution >= 4 is 0 Å². The minimum atomic E-state index is 0. The molecule has 170 valence electrons. The zero-order chi connectivity index (χ0) is 20.7. The molecule has 0 spiro atoms. The van der Waals surface area contributed by atoms with Gasteiger partial charge in [-0.2, -0.15) is 12.8 Å². The second-order valence-corrected chi connectivity index (χ2v) is 5.14. The number of rotatable bonds is 14. The summed E-state index contributed by atoms with van der Waals surface area (Å²) in [7, 11) is 0. The number of ether oxygens (including phenoxy) is 1. The van der Waals surface area contributed by atoms with Gasteiger partial charge in [0.05, 0.1) is 26.4 Å². The fourth-order valence-electron chi connectivity index (χ4n) is 1.21. The molecule has 0 unspecified atom stereocenters. The fourth-order valence-corrected chi connectivity index (χ4v) is 1.21. The summed E-state index contributed by atoms with van der Waals surface area (Å²) in [6.07, 6.45) is 8.90. The number of aliphatic hydroxyl groups excluding tert-OH is 6. The molecule has 7 nitrogen and oxygen atoms in total. The van der Waals surface area contributed by atoms with Gasteiger partial charge in [-0.1, -0.05) is 19.3 Å². The maximum absolute atomic E-state index is 8.09. The van der Waals surface area contributed by atoms with E-state index < -0.39 is 0 Å². The zero-order valence-corrected chi connectivity index (χ0v) is 20.6. The summed E-state index contributed by atoms with van der Waals surface area (Å²) < 4.78 is 4.63. The van der Waals surface area contributed by atoms with Gasteiger partial charge in [-0.15, -0.1) is 0 Å². The molecule has 0 bridgehead atoms. The molecule has 0 aromatic rings. The van der Waals surface area contributed by atoms with Crippen molar-refractivity contribution in [1.29, 1.82) is 0 Å². The summed E-state index contributed by atoms with van der Waals surface area (Å²) in [5.41, 5.74) is 0. The van der Waals surface area contributed by atoms with Crippen molar-refractivity contribution < 1.29 is 78.8 Å². The first-order valence-electron chi connectivity index (χ1n) is 9.47. The Kier molecular flexibility index (Phi) is 87.1. The Hall–Kier alpha value is 1.15. The number of unbranched alkanes of at least 4 members (excludes halogenated alkanes) is 6. The van der Waals surface area contributed by atoms with Crippen molar-refractivity contribution in [2.45, 2.75) is 57.8 Å². The monoisotopic (exact) mass is 480 g/mol. The Morgan fingerprint density at radius 2 is 0.750 bits per heavy atom. The molecule has 28 heavy (non-hydrogen) atoms. The van der Waals surface area contributed by atoms with E-state index >= 15 is 0 Å². The molecule has 0 aromatic heterocycles. The van der Waals surface area contributed by atoms with E-state index in [1.165, 1.54) is 19.3 Å². The van der Waals surface area contributed by atoms with Crippen LogP contribution in [0.4, 0.5) is 0 Å². The Morgan fingerprint density at radius 1 is 0.464 bits per heavy atom. The standard InChI is InChI=1S/C7H14.C4H10O3.2C4H10O2.2Ti/c1-3-5-7-6-4-2;5-1-3-7-4-2-6;2*5-3-1-2-4-6;;/h1-7H2;5-6H,1-4H2;2*5-6H,1-4H2;;/q-2;;;;;+2. The van der Waals surface area contributed by atoms with E-state index in [-0.39, 0.29) is 83.1 Å². The second-order valence-electron chi connectivity index (χ2n) is 5.14. The van der Waals surface area contributed by atoms with Crippen LogP contribution in [0.15, 0.2) is 0 Å². The summed E-state index contributed by atoms with van der Waals surface area (Å²) in [5.74, 6) is 0. The van der Waals surface area contributed by atoms with Crippen molar-refractivity contribution in [3.05, 3.63) is 13.8 Å². The second kappa shape index (κ2) is 56.6. The van der Waals surface area contributed by atoms with Crippen LogP contribution in [0.2, 0.25) is 0 Å². The molecule has 0 aliphatic rings. The van der Waals surface area contributed by atoms with Gasteiger partial charge in [-0.05, 0) is 25.7 Å². The normalized spacial score (nSPS) is 8.57. The Morgan fingerprint density at radius 3 is 0.929 bits per heavy atom. The Balaban J connectivity index is -0.0000000564. The van der Waals surface area contributed by atoms with E-state index in [9.17, 15) is 0 Å². The van der Waals surface area contributed by atoms with Crippen LogP contribution in [0.1, 0.15) is 57.8 Å². The van der Waals surface area contributed by atoms with E-state index in [0.717, 1.165) is 38.5 Å². The van der Waals surface area contributed by atoms with Crippen LogP contribution in [0.5, 0.6) is 0 Å². The minimum Gasteiger partial charge on any atom is -0.396 e. The maximum Gasteiger partial charge on any atom is 2.00 e. The number of aliphatic hydroxyl groups is 6. The van der Waals surface area contributed by atoms with E-state index in [1.54, 1.807) is 0 Å². The van der Waals surface area contributed by atoms with E-state index in [4.69, 9.17) is 30.6 Å². The van der Waals surface area contributed by atoms with Crippen LogP contribution in [-0.4, -0.2) is 83.5 Å². The van der Waals surface area contributed by atoms with Crippen LogP contribution in [0.3, 0.4) is 0 Å². The molecular weight excluding hydrogens is 436 g/mol. The van der Waals surface area contributed by atoms with Crippen LogP contribution < -0.4 is 0 Å². The average Bonchev–Trinajstić information content (AvgIpc) is 2.67. The third kappa shape index (κ3) is 80.9. The molecule has 9 heteroatoms. The summed E-state index contributed by atoms with van der Waals surface area (Å²) in [4.78, 5) is 0. The molecule has 0 radical (unpaired) electrons. The first-order chi connectivity index (χ1) is 12.7. The first-order valence-corrected chi connectivity index (χ1v) is 9.47. The van der Waals surface area contributed by atoms with Gasteiger partial charge in [0.1, 0.15) is 0 Å². The molecular formula is C19H44O7Ti2. The number of hydrogen-bond acceptors (Lipinski definition) is 7. The molecule has 0 amide bonds. The molecule has 0 saturated carbocycles. The largest absolute Gasteiger partial charge is 2.00 e. The van der Waals surface area contributed by atoms with Crippen molar-refractivity contribution in [1.82, 2.24) is 0 Å². The Labute approximate surface area is 202 Å². The Bertz CT molecular complexity index is 148. The van der Waals surface area contributed by atoms with Crippen molar-refractivity contribution in [2.75, 3.05) is 52.9 Å². The zero-order valence-electron chi connectivity index (χ0n) is 17.5. The summed E-state index contributed by atoms with van der Waals surface area (Å²) in [6.45, 7) is 8.95. The van der Waals surface area contributed by atoms with E-state index in [1.807, 2.05) is 0 Å².